The molecule has 2 N–H and O–H groups in total. The first-order chi connectivity index (χ1) is 15.8. The van der Waals surface area contributed by atoms with Crippen LogP contribution in [-0.4, -0.2) is 19.6 Å². The Morgan fingerprint density at radius 2 is 1.55 bits per heavy atom. The van der Waals surface area contributed by atoms with E-state index < -0.39 is 10.0 Å². The van der Waals surface area contributed by atoms with Crippen molar-refractivity contribution >= 4 is 61.4 Å². The van der Waals surface area contributed by atoms with Gasteiger partial charge < -0.3 is 5.32 Å². The molecule has 1 atom stereocenters. The summed E-state index contributed by atoms with van der Waals surface area (Å²) in [5.74, 6) is -0.181. The topological polar surface area (TPSA) is 75.3 Å². The van der Waals surface area contributed by atoms with Gasteiger partial charge in [-0.05, 0) is 66.9 Å². The van der Waals surface area contributed by atoms with E-state index in [9.17, 15) is 13.2 Å². The molecule has 4 rings (SSSR count). The van der Waals surface area contributed by atoms with Crippen molar-refractivity contribution in [3.05, 3.63) is 96.0 Å². The smallest absolute Gasteiger partial charge is 0.261 e. The third-order valence-corrected chi connectivity index (χ3v) is 7.71. The molecule has 0 fully saturated rings. The molecular weight excluding hydrogens is 476 g/mol. The molecule has 0 aliphatic carbocycles. The zero-order valence-electron chi connectivity index (χ0n) is 17.7. The molecular formula is C25H21ClN2O3S2. The number of halogens is 1. The van der Waals surface area contributed by atoms with Gasteiger partial charge in [-0.3, -0.25) is 9.52 Å². The number of fused-ring (bicyclic) bond motifs is 1. The number of sulfonamides is 1. The highest BCUT2D eigenvalue weighted by Crippen LogP contribution is 2.27. The Bertz CT molecular complexity index is 1380. The van der Waals surface area contributed by atoms with Gasteiger partial charge in [-0.25, -0.2) is 8.42 Å². The molecule has 0 aromatic heterocycles. The maximum absolute atomic E-state index is 12.9. The largest absolute Gasteiger partial charge is 0.325 e. The monoisotopic (exact) mass is 496 g/mol. The van der Waals surface area contributed by atoms with Crippen molar-refractivity contribution in [2.24, 2.45) is 0 Å². The van der Waals surface area contributed by atoms with Crippen LogP contribution < -0.4 is 10.0 Å². The van der Waals surface area contributed by atoms with E-state index in [4.69, 9.17) is 11.6 Å². The summed E-state index contributed by atoms with van der Waals surface area (Å²) in [5, 5.41) is 4.89. The van der Waals surface area contributed by atoms with E-state index in [1.807, 2.05) is 55.5 Å². The number of rotatable bonds is 7. The first kappa shape index (κ1) is 23.2. The minimum atomic E-state index is -3.79. The molecule has 1 amide bonds. The number of hydrogen-bond donors (Lipinski definition) is 2. The summed E-state index contributed by atoms with van der Waals surface area (Å²) in [6, 6.07) is 26.4. The minimum absolute atomic E-state index is 0.108. The average Bonchev–Trinajstić information content (AvgIpc) is 2.81. The van der Waals surface area contributed by atoms with Crippen LogP contribution in [0, 0.1) is 0 Å². The van der Waals surface area contributed by atoms with Crippen LogP contribution in [0.1, 0.15) is 6.92 Å². The molecule has 4 aromatic carbocycles. The predicted octanol–water partition coefficient (Wildman–Crippen LogP) is 6.41. The molecule has 0 aliphatic rings. The van der Waals surface area contributed by atoms with Crippen LogP contribution in [0.5, 0.6) is 0 Å². The molecule has 0 aliphatic heterocycles. The third-order valence-electron chi connectivity index (χ3n) is 4.96. The van der Waals surface area contributed by atoms with E-state index in [-0.39, 0.29) is 16.1 Å². The standard InChI is InChI=1S/C25H21ClN2O3S2/c1-17(32-21-13-9-19(26)10-14-21)25(29)27-20-11-15-22(16-12-20)33(30,31)28-24-8-4-6-18-5-2-3-7-23(18)24/h2-17,28H,1H3,(H,27,29). The Morgan fingerprint density at radius 3 is 2.27 bits per heavy atom. The van der Waals surface area contributed by atoms with E-state index >= 15 is 0 Å². The van der Waals surface area contributed by atoms with Crippen LogP contribution in [0.2, 0.25) is 5.02 Å². The Balaban J connectivity index is 1.43. The van der Waals surface area contributed by atoms with Crippen LogP contribution in [0.3, 0.4) is 0 Å². The number of carbonyl (C=O) groups excluding carboxylic acids is 1. The number of hydrogen-bond acceptors (Lipinski definition) is 4. The molecule has 0 heterocycles. The van der Waals surface area contributed by atoms with Crippen LogP contribution in [0.15, 0.2) is 101 Å². The van der Waals surface area contributed by atoms with Gasteiger partial charge in [-0.2, -0.15) is 0 Å². The van der Waals surface area contributed by atoms with Crippen molar-refractivity contribution in [2.75, 3.05) is 10.0 Å². The Labute approximate surface area is 202 Å². The maximum atomic E-state index is 12.9. The van der Waals surface area contributed by atoms with Gasteiger partial charge in [0.1, 0.15) is 0 Å². The maximum Gasteiger partial charge on any atom is 0.261 e. The number of carbonyl (C=O) groups is 1. The van der Waals surface area contributed by atoms with Gasteiger partial charge in [0.2, 0.25) is 5.91 Å². The van der Waals surface area contributed by atoms with E-state index in [2.05, 4.69) is 10.0 Å². The van der Waals surface area contributed by atoms with Crippen LogP contribution >= 0.6 is 23.4 Å². The van der Waals surface area contributed by atoms with Crippen molar-refractivity contribution in [2.45, 2.75) is 22.0 Å². The summed E-state index contributed by atoms with van der Waals surface area (Å²) >= 11 is 7.31. The highest BCUT2D eigenvalue weighted by Gasteiger charge is 2.17. The lowest BCUT2D eigenvalue weighted by Crippen LogP contribution is -2.22. The van der Waals surface area contributed by atoms with Gasteiger partial charge in [0, 0.05) is 21.0 Å². The summed E-state index contributed by atoms with van der Waals surface area (Å²) in [6.07, 6.45) is 0. The average molecular weight is 497 g/mol. The molecule has 8 heteroatoms. The van der Waals surface area contributed by atoms with Crippen molar-refractivity contribution in [3.63, 3.8) is 0 Å². The molecule has 0 bridgehead atoms. The van der Waals surface area contributed by atoms with E-state index in [1.165, 1.54) is 23.9 Å². The van der Waals surface area contributed by atoms with E-state index in [0.29, 0.717) is 16.4 Å². The summed E-state index contributed by atoms with van der Waals surface area (Å²) in [5.41, 5.74) is 1.03. The Morgan fingerprint density at radius 1 is 0.879 bits per heavy atom. The molecule has 0 radical (unpaired) electrons. The summed E-state index contributed by atoms with van der Waals surface area (Å²) in [4.78, 5) is 13.6. The fourth-order valence-electron chi connectivity index (χ4n) is 3.25. The molecule has 0 saturated heterocycles. The van der Waals surface area contributed by atoms with Crippen molar-refractivity contribution in [1.29, 1.82) is 0 Å². The second kappa shape index (κ2) is 9.87. The number of anilines is 2. The lowest BCUT2D eigenvalue weighted by atomic mass is 10.1. The van der Waals surface area contributed by atoms with Crippen LogP contribution in [0.25, 0.3) is 10.8 Å². The van der Waals surface area contributed by atoms with Crippen LogP contribution in [0.4, 0.5) is 11.4 Å². The fourth-order valence-corrected chi connectivity index (χ4v) is 5.32. The predicted molar refractivity (Wildman–Crippen MR) is 137 cm³/mol. The third kappa shape index (κ3) is 5.68. The zero-order chi connectivity index (χ0) is 23.4. The van der Waals surface area contributed by atoms with E-state index in [1.54, 1.807) is 30.3 Å². The molecule has 0 saturated carbocycles. The summed E-state index contributed by atoms with van der Waals surface area (Å²) < 4.78 is 28.5. The molecule has 33 heavy (non-hydrogen) atoms. The van der Waals surface area contributed by atoms with Crippen LogP contribution in [-0.2, 0) is 14.8 Å². The van der Waals surface area contributed by atoms with Gasteiger partial charge in [0.05, 0.1) is 15.8 Å². The first-order valence-corrected chi connectivity index (χ1v) is 12.9. The normalized spacial score (nSPS) is 12.3. The Hall–Kier alpha value is -3.00. The molecule has 5 nitrogen and oxygen atoms in total. The van der Waals surface area contributed by atoms with Gasteiger partial charge in [0.25, 0.3) is 10.0 Å². The van der Waals surface area contributed by atoms with Gasteiger partial charge in [-0.15, -0.1) is 11.8 Å². The van der Waals surface area contributed by atoms with Gasteiger partial charge >= 0.3 is 0 Å². The fraction of sp³-hybridized carbons (Fsp3) is 0.0800. The molecule has 4 aromatic rings. The van der Waals surface area contributed by atoms with Crippen molar-refractivity contribution in [3.8, 4) is 0 Å². The first-order valence-electron chi connectivity index (χ1n) is 10.2. The lowest BCUT2D eigenvalue weighted by molar-refractivity contribution is -0.115. The SMILES string of the molecule is CC(Sc1ccc(Cl)cc1)C(=O)Nc1ccc(S(=O)(=O)Nc2cccc3ccccc23)cc1. The summed E-state index contributed by atoms with van der Waals surface area (Å²) in [7, 11) is -3.79. The highest BCUT2D eigenvalue weighted by molar-refractivity contribution is 8.00. The number of amides is 1. The number of benzene rings is 4. The molecule has 0 spiro atoms. The molecule has 168 valence electrons. The highest BCUT2D eigenvalue weighted by atomic mass is 35.5. The zero-order valence-corrected chi connectivity index (χ0v) is 20.0. The second-order valence-electron chi connectivity index (χ2n) is 7.36. The van der Waals surface area contributed by atoms with Gasteiger partial charge in [0.15, 0.2) is 0 Å². The second-order valence-corrected chi connectivity index (χ2v) is 10.9. The summed E-state index contributed by atoms with van der Waals surface area (Å²) in [6.45, 7) is 1.81. The number of thioether (sulfide) groups is 1. The number of nitrogens with one attached hydrogen (secondary N) is 2. The van der Waals surface area contributed by atoms with E-state index in [0.717, 1.165) is 15.7 Å². The minimum Gasteiger partial charge on any atom is -0.325 e. The quantitative estimate of drug-likeness (QED) is 0.290. The Kier molecular flexibility index (Phi) is 6.93. The van der Waals surface area contributed by atoms with Crippen molar-refractivity contribution < 1.29 is 13.2 Å². The lowest BCUT2D eigenvalue weighted by Gasteiger charge is -2.13. The molecule has 1 unspecified atom stereocenters. The van der Waals surface area contributed by atoms with Crippen molar-refractivity contribution in [1.82, 2.24) is 0 Å². The van der Waals surface area contributed by atoms with Gasteiger partial charge in [-0.1, -0.05) is 48.0 Å².